The summed E-state index contributed by atoms with van der Waals surface area (Å²) in [4.78, 5) is 9.78. The van der Waals surface area contributed by atoms with Crippen LogP contribution in [-0.4, -0.2) is 19.5 Å². The second-order valence-corrected chi connectivity index (χ2v) is 2.08. The minimum absolute atomic E-state index is 0.465. The van der Waals surface area contributed by atoms with Gasteiger partial charge in [0.2, 0.25) is 0 Å². The first-order valence-electron chi connectivity index (χ1n) is 2.86. The maximum Gasteiger partial charge on any atom is 0.198 e. The van der Waals surface area contributed by atoms with Gasteiger partial charge in [-0.1, -0.05) is 0 Å². The molecule has 1 radical (unpaired) electrons. The van der Waals surface area contributed by atoms with Crippen LogP contribution in [0.15, 0.2) is 0 Å². The van der Waals surface area contributed by atoms with Gasteiger partial charge in [0.05, 0.1) is 0 Å². The number of carbonyl (C=O) groups excluding carboxylic acids is 1. The predicted octanol–water partition coefficient (Wildman–Crippen LogP) is 0.523. The monoisotopic (exact) mass is 113 g/mol. The molecule has 1 atom stereocenters. The minimum atomic E-state index is 0.465. The first-order chi connectivity index (χ1) is 3.93. The van der Waals surface area contributed by atoms with Crippen molar-refractivity contribution in [1.29, 1.82) is 0 Å². The van der Waals surface area contributed by atoms with Gasteiger partial charge in [-0.3, -0.25) is 4.79 Å². The first kappa shape index (κ1) is 5.76. The zero-order valence-electron chi connectivity index (χ0n) is 4.72. The summed E-state index contributed by atoms with van der Waals surface area (Å²) in [5, 5.41) is 0. The van der Waals surface area contributed by atoms with E-state index in [0.717, 1.165) is 19.6 Å². The minimum Gasteiger partial charge on any atom is -0.381 e. The average molecular weight is 113 g/mol. The number of ether oxygens (including phenoxy) is 1. The quantitative estimate of drug-likeness (QED) is 0.522. The van der Waals surface area contributed by atoms with Gasteiger partial charge >= 0.3 is 0 Å². The van der Waals surface area contributed by atoms with Crippen LogP contribution >= 0.6 is 0 Å². The van der Waals surface area contributed by atoms with E-state index in [9.17, 15) is 4.79 Å². The van der Waals surface area contributed by atoms with Crippen molar-refractivity contribution in [3.05, 3.63) is 0 Å². The van der Waals surface area contributed by atoms with Crippen molar-refractivity contribution in [2.45, 2.75) is 12.8 Å². The fourth-order valence-corrected chi connectivity index (χ4v) is 0.862. The van der Waals surface area contributed by atoms with Gasteiger partial charge in [0, 0.05) is 19.6 Å². The van der Waals surface area contributed by atoms with Gasteiger partial charge in [-0.05, 0) is 12.3 Å². The van der Waals surface area contributed by atoms with Crippen molar-refractivity contribution >= 4 is 6.29 Å². The van der Waals surface area contributed by atoms with Crippen LogP contribution in [0.1, 0.15) is 12.8 Å². The van der Waals surface area contributed by atoms with Gasteiger partial charge in [0.15, 0.2) is 6.29 Å². The van der Waals surface area contributed by atoms with Crippen LogP contribution < -0.4 is 0 Å². The van der Waals surface area contributed by atoms with E-state index in [2.05, 4.69) is 0 Å². The SMILES string of the molecule is O=[C]CC1CCOC1. The van der Waals surface area contributed by atoms with Crippen LogP contribution in [0.2, 0.25) is 0 Å². The molecule has 2 heteroatoms. The normalized spacial score (nSPS) is 28.2. The lowest BCUT2D eigenvalue weighted by Gasteiger charge is -1.96. The summed E-state index contributed by atoms with van der Waals surface area (Å²) in [6, 6.07) is 0. The molecule has 8 heavy (non-hydrogen) atoms. The van der Waals surface area contributed by atoms with E-state index in [1.54, 1.807) is 0 Å². The van der Waals surface area contributed by atoms with Gasteiger partial charge in [-0.2, -0.15) is 0 Å². The van der Waals surface area contributed by atoms with Crippen molar-refractivity contribution in [2.75, 3.05) is 13.2 Å². The number of hydrogen-bond donors (Lipinski definition) is 0. The Balaban J connectivity index is 2.14. The summed E-state index contributed by atoms with van der Waals surface area (Å²) in [6.45, 7) is 1.58. The number of rotatable bonds is 2. The molecule has 1 heterocycles. The first-order valence-corrected chi connectivity index (χ1v) is 2.86. The van der Waals surface area contributed by atoms with Gasteiger partial charge in [0.1, 0.15) is 0 Å². The Labute approximate surface area is 48.8 Å². The lowest BCUT2D eigenvalue weighted by atomic mass is 10.1. The molecule has 0 saturated carbocycles. The van der Waals surface area contributed by atoms with Crippen LogP contribution in [0.3, 0.4) is 0 Å². The van der Waals surface area contributed by atoms with E-state index in [4.69, 9.17) is 4.74 Å². The van der Waals surface area contributed by atoms with Crippen molar-refractivity contribution in [2.24, 2.45) is 5.92 Å². The zero-order chi connectivity index (χ0) is 5.82. The summed E-state index contributed by atoms with van der Waals surface area (Å²) >= 11 is 0. The number of hydrogen-bond acceptors (Lipinski definition) is 2. The Morgan fingerprint density at radius 1 is 1.75 bits per heavy atom. The van der Waals surface area contributed by atoms with E-state index in [1.165, 1.54) is 0 Å². The van der Waals surface area contributed by atoms with Crippen molar-refractivity contribution in [3.8, 4) is 0 Å². The molecule has 0 bridgehead atoms. The molecule has 2 nitrogen and oxygen atoms in total. The van der Waals surface area contributed by atoms with E-state index < -0.39 is 0 Å². The van der Waals surface area contributed by atoms with Crippen LogP contribution in [0, 0.1) is 5.92 Å². The Morgan fingerprint density at radius 3 is 3.12 bits per heavy atom. The Kier molecular flexibility index (Phi) is 2.03. The van der Waals surface area contributed by atoms with Gasteiger partial charge in [0.25, 0.3) is 0 Å². The van der Waals surface area contributed by atoms with Crippen LogP contribution in [0.25, 0.3) is 0 Å². The fourth-order valence-electron chi connectivity index (χ4n) is 0.862. The van der Waals surface area contributed by atoms with Crippen molar-refractivity contribution in [1.82, 2.24) is 0 Å². The smallest absolute Gasteiger partial charge is 0.198 e. The van der Waals surface area contributed by atoms with Crippen LogP contribution in [-0.2, 0) is 9.53 Å². The molecule has 1 saturated heterocycles. The molecule has 0 amide bonds. The topological polar surface area (TPSA) is 26.3 Å². The average Bonchev–Trinajstić information content (AvgIpc) is 2.19. The standard InChI is InChI=1S/C6H9O2/c7-3-1-6-2-4-8-5-6/h6H,1-2,4-5H2. The fraction of sp³-hybridized carbons (Fsp3) is 0.833. The summed E-state index contributed by atoms with van der Waals surface area (Å²) < 4.78 is 5.03. The zero-order valence-corrected chi connectivity index (χ0v) is 4.72. The third-order valence-electron chi connectivity index (χ3n) is 1.40. The van der Waals surface area contributed by atoms with Gasteiger partial charge < -0.3 is 4.74 Å². The maximum absolute atomic E-state index is 9.78. The molecule has 45 valence electrons. The van der Waals surface area contributed by atoms with Crippen molar-refractivity contribution < 1.29 is 9.53 Å². The Morgan fingerprint density at radius 2 is 2.62 bits per heavy atom. The summed E-state index contributed by atoms with van der Waals surface area (Å²) in [6.07, 6.45) is 3.47. The van der Waals surface area contributed by atoms with Gasteiger partial charge in [-0.25, -0.2) is 0 Å². The lowest BCUT2D eigenvalue weighted by molar-refractivity contribution is 0.186. The maximum atomic E-state index is 9.78. The van der Waals surface area contributed by atoms with Gasteiger partial charge in [-0.15, -0.1) is 0 Å². The Bertz CT molecular complexity index is 74.6. The molecular formula is C6H9O2. The summed E-state index contributed by atoms with van der Waals surface area (Å²) in [7, 11) is 0. The predicted molar refractivity (Wildman–Crippen MR) is 29.2 cm³/mol. The van der Waals surface area contributed by atoms with Crippen LogP contribution in [0.5, 0.6) is 0 Å². The molecule has 1 aliphatic rings. The summed E-state index contributed by atoms with van der Waals surface area (Å²) in [5.74, 6) is 0.465. The largest absolute Gasteiger partial charge is 0.381 e. The third-order valence-corrected chi connectivity index (χ3v) is 1.40. The third kappa shape index (κ3) is 1.30. The van der Waals surface area contributed by atoms with E-state index in [1.807, 2.05) is 6.29 Å². The molecule has 1 aliphatic heterocycles. The lowest BCUT2D eigenvalue weighted by Crippen LogP contribution is -1.98. The molecule has 0 aliphatic carbocycles. The molecule has 0 aromatic heterocycles. The highest BCUT2D eigenvalue weighted by Gasteiger charge is 2.14. The summed E-state index contributed by atoms with van der Waals surface area (Å²) in [5.41, 5.74) is 0. The molecule has 0 aromatic carbocycles. The Hall–Kier alpha value is -0.370. The van der Waals surface area contributed by atoms with Crippen molar-refractivity contribution in [3.63, 3.8) is 0 Å². The molecule has 0 N–H and O–H groups in total. The molecular weight excluding hydrogens is 104 g/mol. The van der Waals surface area contributed by atoms with E-state index in [-0.39, 0.29) is 0 Å². The molecule has 1 unspecified atom stereocenters. The highest BCUT2D eigenvalue weighted by atomic mass is 16.5. The van der Waals surface area contributed by atoms with E-state index in [0.29, 0.717) is 12.3 Å². The second kappa shape index (κ2) is 2.82. The molecule has 0 aromatic rings. The molecule has 0 spiro atoms. The van der Waals surface area contributed by atoms with Crippen LogP contribution in [0.4, 0.5) is 0 Å². The molecule has 1 rings (SSSR count). The highest BCUT2D eigenvalue weighted by molar-refractivity contribution is 5.50. The van der Waals surface area contributed by atoms with E-state index >= 15 is 0 Å². The second-order valence-electron chi connectivity index (χ2n) is 2.08. The highest BCUT2D eigenvalue weighted by Crippen LogP contribution is 2.13. The molecule has 1 fully saturated rings.